The maximum Gasteiger partial charge on any atom is 0.228 e. The SMILES string of the molecule is Cc1ccc(C)c(CC(=O)Nc2ccccc2)c1. The molecule has 2 rings (SSSR count). The zero-order chi connectivity index (χ0) is 13.0. The largest absolute Gasteiger partial charge is 0.326 e. The monoisotopic (exact) mass is 239 g/mol. The van der Waals surface area contributed by atoms with Gasteiger partial charge in [0.15, 0.2) is 0 Å². The lowest BCUT2D eigenvalue weighted by Crippen LogP contribution is -2.15. The molecular weight excluding hydrogens is 222 g/mol. The van der Waals surface area contributed by atoms with Crippen LogP contribution in [-0.4, -0.2) is 5.91 Å². The first-order chi connectivity index (χ1) is 8.65. The highest BCUT2D eigenvalue weighted by Crippen LogP contribution is 2.12. The molecule has 0 unspecified atom stereocenters. The molecule has 0 aliphatic heterocycles. The van der Waals surface area contributed by atoms with E-state index in [0.717, 1.165) is 16.8 Å². The van der Waals surface area contributed by atoms with Crippen LogP contribution in [0, 0.1) is 13.8 Å². The number of rotatable bonds is 3. The first-order valence-corrected chi connectivity index (χ1v) is 6.06. The number of hydrogen-bond acceptors (Lipinski definition) is 1. The molecule has 2 nitrogen and oxygen atoms in total. The number of carbonyl (C=O) groups is 1. The van der Waals surface area contributed by atoms with Gasteiger partial charge in [0.1, 0.15) is 0 Å². The van der Waals surface area contributed by atoms with Gasteiger partial charge in [0.2, 0.25) is 5.91 Å². The van der Waals surface area contributed by atoms with Gasteiger partial charge in [-0.15, -0.1) is 0 Å². The number of benzene rings is 2. The van der Waals surface area contributed by atoms with Crippen molar-refractivity contribution < 1.29 is 4.79 Å². The summed E-state index contributed by atoms with van der Waals surface area (Å²) in [5, 5.41) is 2.90. The number of amides is 1. The Morgan fingerprint density at radius 3 is 2.50 bits per heavy atom. The predicted molar refractivity (Wildman–Crippen MR) is 74.7 cm³/mol. The van der Waals surface area contributed by atoms with Crippen LogP contribution in [0.15, 0.2) is 48.5 Å². The lowest BCUT2D eigenvalue weighted by molar-refractivity contribution is -0.115. The van der Waals surface area contributed by atoms with Crippen molar-refractivity contribution in [3.05, 3.63) is 65.2 Å². The molecule has 0 spiro atoms. The molecule has 0 fully saturated rings. The number of carbonyl (C=O) groups excluding carboxylic acids is 1. The maximum atomic E-state index is 11.9. The molecule has 0 heterocycles. The van der Waals surface area contributed by atoms with Crippen LogP contribution in [0.1, 0.15) is 16.7 Å². The standard InChI is InChI=1S/C16H17NO/c1-12-8-9-13(2)14(10-12)11-16(18)17-15-6-4-3-5-7-15/h3-10H,11H2,1-2H3,(H,17,18). The summed E-state index contributed by atoms with van der Waals surface area (Å²) in [6.07, 6.45) is 0.419. The first-order valence-electron chi connectivity index (χ1n) is 6.06. The summed E-state index contributed by atoms with van der Waals surface area (Å²) in [5.41, 5.74) is 4.27. The van der Waals surface area contributed by atoms with Crippen molar-refractivity contribution in [2.75, 3.05) is 5.32 Å². The summed E-state index contributed by atoms with van der Waals surface area (Å²) in [6, 6.07) is 15.7. The highest BCUT2D eigenvalue weighted by atomic mass is 16.1. The average molecular weight is 239 g/mol. The van der Waals surface area contributed by atoms with Crippen LogP contribution in [0.25, 0.3) is 0 Å². The fourth-order valence-electron chi connectivity index (χ4n) is 1.89. The van der Waals surface area contributed by atoms with E-state index in [9.17, 15) is 4.79 Å². The smallest absolute Gasteiger partial charge is 0.228 e. The highest BCUT2D eigenvalue weighted by molar-refractivity contribution is 5.92. The molecule has 2 aromatic rings. The van der Waals surface area contributed by atoms with Crippen molar-refractivity contribution in [2.45, 2.75) is 20.3 Å². The van der Waals surface area contributed by atoms with E-state index >= 15 is 0 Å². The molecule has 1 N–H and O–H groups in total. The van der Waals surface area contributed by atoms with E-state index in [2.05, 4.69) is 23.5 Å². The van der Waals surface area contributed by atoms with Crippen molar-refractivity contribution >= 4 is 11.6 Å². The predicted octanol–water partition coefficient (Wildman–Crippen LogP) is 3.48. The Morgan fingerprint density at radius 1 is 1.06 bits per heavy atom. The van der Waals surface area contributed by atoms with Crippen LogP contribution in [0.2, 0.25) is 0 Å². The van der Waals surface area contributed by atoms with E-state index in [1.165, 1.54) is 5.56 Å². The molecule has 0 saturated heterocycles. The Bertz CT molecular complexity index is 546. The third kappa shape index (κ3) is 3.20. The third-order valence-electron chi connectivity index (χ3n) is 2.91. The van der Waals surface area contributed by atoms with Gasteiger partial charge >= 0.3 is 0 Å². The minimum absolute atomic E-state index is 0.0231. The zero-order valence-electron chi connectivity index (χ0n) is 10.7. The van der Waals surface area contributed by atoms with Crippen LogP contribution in [0.3, 0.4) is 0 Å². The highest BCUT2D eigenvalue weighted by Gasteiger charge is 2.06. The Labute approximate surface area is 108 Å². The quantitative estimate of drug-likeness (QED) is 0.872. The van der Waals surface area contributed by atoms with Gasteiger partial charge in [-0.2, -0.15) is 0 Å². The van der Waals surface area contributed by atoms with E-state index in [4.69, 9.17) is 0 Å². The molecule has 0 aliphatic carbocycles. The Balaban J connectivity index is 2.05. The van der Waals surface area contributed by atoms with Gasteiger partial charge in [-0.3, -0.25) is 4.79 Å². The van der Waals surface area contributed by atoms with Crippen molar-refractivity contribution in [1.82, 2.24) is 0 Å². The van der Waals surface area contributed by atoms with Gasteiger partial charge in [0.05, 0.1) is 6.42 Å². The molecule has 1 amide bonds. The van der Waals surface area contributed by atoms with Crippen LogP contribution in [0.5, 0.6) is 0 Å². The number of aryl methyl sites for hydroxylation is 2. The van der Waals surface area contributed by atoms with E-state index in [0.29, 0.717) is 6.42 Å². The fourth-order valence-corrected chi connectivity index (χ4v) is 1.89. The van der Waals surface area contributed by atoms with Crippen molar-refractivity contribution in [3.8, 4) is 0 Å². The zero-order valence-corrected chi connectivity index (χ0v) is 10.7. The van der Waals surface area contributed by atoms with Crippen LogP contribution >= 0.6 is 0 Å². The van der Waals surface area contributed by atoms with E-state index in [-0.39, 0.29) is 5.91 Å². The number of nitrogens with one attached hydrogen (secondary N) is 1. The summed E-state index contributed by atoms with van der Waals surface area (Å²) >= 11 is 0. The van der Waals surface area contributed by atoms with Crippen molar-refractivity contribution in [3.63, 3.8) is 0 Å². The Hall–Kier alpha value is -2.09. The molecular formula is C16H17NO. The van der Waals surface area contributed by atoms with Crippen molar-refractivity contribution in [1.29, 1.82) is 0 Å². The van der Waals surface area contributed by atoms with Gasteiger partial charge in [-0.05, 0) is 37.1 Å². The average Bonchev–Trinajstić information content (AvgIpc) is 2.35. The van der Waals surface area contributed by atoms with E-state index < -0.39 is 0 Å². The molecule has 2 aromatic carbocycles. The number of para-hydroxylation sites is 1. The molecule has 0 atom stereocenters. The second kappa shape index (κ2) is 5.50. The van der Waals surface area contributed by atoms with E-state index in [1.54, 1.807) is 0 Å². The van der Waals surface area contributed by atoms with Gasteiger partial charge in [-0.25, -0.2) is 0 Å². The Morgan fingerprint density at radius 2 is 1.78 bits per heavy atom. The second-order valence-corrected chi connectivity index (χ2v) is 4.52. The molecule has 2 heteroatoms. The molecule has 92 valence electrons. The normalized spacial score (nSPS) is 10.1. The number of anilines is 1. The van der Waals surface area contributed by atoms with Gasteiger partial charge in [0, 0.05) is 5.69 Å². The van der Waals surface area contributed by atoms with Gasteiger partial charge in [0.25, 0.3) is 0 Å². The fraction of sp³-hybridized carbons (Fsp3) is 0.188. The van der Waals surface area contributed by atoms with E-state index in [1.807, 2.05) is 44.2 Å². The second-order valence-electron chi connectivity index (χ2n) is 4.52. The van der Waals surface area contributed by atoms with Crippen molar-refractivity contribution in [2.24, 2.45) is 0 Å². The van der Waals surface area contributed by atoms with Crippen LogP contribution < -0.4 is 5.32 Å². The third-order valence-corrected chi connectivity index (χ3v) is 2.91. The minimum atomic E-state index is 0.0231. The minimum Gasteiger partial charge on any atom is -0.326 e. The van der Waals surface area contributed by atoms with Crippen LogP contribution in [0.4, 0.5) is 5.69 Å². The molecule has 0 radical (unpaired) electrons. The summed E-state index contributed by atoms with van der Waals surface area (Å²) in [4.78, 5) is 11.9. The first kappa shape index (κ1) is 12.4. The molecule has 0 aromatic heterocycles. The van der Waals surface area contributed by atoms with Gasteiger partial charge < -0.3 is 5.32 Å². The molecule has 0 bridgehead atoms. The topological polar surface area (TPSA) is 29.1 Å². The summed E-state index contributed by atoms with van der Waals surface area (Å²) < 4.78 is 0. The lowest BCUT2D eigenvalue weighted by atomic mass is 10.0. The lowest BCUT2D eigenvalue weighted by Gasteiger charge is -2.08. The molecule has 18 heavy (non-hydrogen) atoms. The van der Waals surface area contributed by atoms with Gasteiger partial charge in [-0.1, -0.05) is 42.0 Å². The number of hydrogen-bond donors (Lipinski definition) is 1. The Kier molecular flexibility index (Phi) is 3.78. The summed E-state index contributed by atoms with van der Waals surface area (Å²) in [7, 11) is 0. The summed E-state index contributed by atoms with van der Waals surface area (Å²) in [6.45, 7) is 4.07. The summed E-state index contributed by atoms with van der Waals surface area (Å²) in [5.74, 6) is 0.0231. The maximum absolute atomic E-state index is 11.9. The molecule has 0 aliphatic rings. The molecule has 0 saturated carbocycles. The van der Waals surface area contributed by atoms with Crippen LogP contribution in [-0.2, 0) is 11.2 Å².